The summed E-state index contributed by atoms with van der Waals surface area (Å²) in [7, 11) is 0. The van der Waals surface area contributed by atoms with E-state index in [1.54, 1.807) is 0 Å². The van der Waals surface area contributed by atoms with Gasteiger partial charge in [-0.15, -0.1) is 0 Å². The molecule has 1 amide bonds. The van der Waals surface area contributed by atoms with Crippen LogP contribution in [0.4, 0.5) is 5.69 Å². The molecular formula is C24H30N4O. The van der Waals surface area contributed by atoms with E-state index in [1.165, 1.54) is 5.52 Å². The maximum atomic E-state index is 12.7. The summed E-state index contributed by atoms with van der Waals surface area (Å²) < 4.78 is 2.34. The summed E-state index contributed by atoms with van der Waals surface area (Å²) in [5.74, 6) is 1.34. The Morgan fingerprint density at radius 1 is 1.10 bits per heavy atom. The van der Waals surface area contributed by atoms with E-state index in [1.807, 2.05) is 37.3 Å². The third-order valence-electron chi connectivity index (χ3n) is 5.91. The predicted octanol–water partition coefficient (Wildman–Crippen LogP) is 4.78. The lowest BCUT2D eigenvalue weighted by atomic mass is 9.95. The molecule has 4 rings (SSSR count). The molecule has 1 saturated heterocycles. The number of piperidine rings is 1. The average molecular weight is 391 g/mol. The maximum Gasteiger partial charge on any atom is 0.227 e. The first-order chi connectivity index (χ1) is 14.0. The van der Waals surface area contributed by atoms with Crippen LogP contribution in [0, 0.1) is 12.8 Å². The fourth-order valence-corrected chi connectivity index (χ4v) is 4.28. The molecular weight excluding hydrogens is 360 g/mol. The fourth-order valence-electron chi connectivity index (χ4n) is 4.28. The fraction of sp³-hybridized carbons (Fsp3) is 0.417. The first kappa shape index (κ1) is 19.6. The highest BCUT2D eigenvalue weighted by molar-refractivity contribution is 5.93. The van der Waals surface area contributed by atoms with E-state index in [0.717, 1.165) is 55.1 Å². The van der Waals surface area contributed by atoms with Crippen LogP contribution in [0.5, 0.6) is 0 Å². The standard InChI is InChI=1S/C24H30N4O/c1-17(2)28-22-11-7-6-10-21(22)25-23(28)16-27-14-12-19(13-15-27)24(29)26-20-9-5-4-8-18(20)3/h4-11,17,19H,12-16H2,1-3H3,(H,26,29). The number of hydrogen-bond donors (Lipinski definition) is 1. The van der Waals surface area contributed by atoms with Crippen molar-refractivity contribution in [3.8, 4) is 0 Å². The largest absolute Gasteiger partial charge is 0.326 e. The molecule has 2 heterocycles. The molecule has 1 fully saturated rings. The van der Waals surface area contributed by atoms with E-state index >= 15 is 0 Å². The van der Waals surface area contributed by atoms with Crippen molar-refractivity contribution in [1.82, 2.24) is 14.5 Å². The smallest absolute Gasteiger partial charge is 0.227 e. The number of fused-ring (bicyclic) bond motifs is 1. The second-order valence-electron chi connectivity index (χ2n) is 8.34. The number of amides is 1. The van der Waals surface area contributed by atoms with Crippen molar-refractivity contribution in [2.24, 2.45) is 5.92 Å². The molecule has 0 spiro atoms. The van der Waals surface area contributed by atoms with Crippen molar-refractivity contribution in [3.05, 3.63) is 59.9 Å². The van der Waals surface area contributed by atoms with Gasteiger partial charge in [0, 0.05) is 17.6 Å². The van der Waals surface area contributed by atoms with E-state index in [-0.39, 0.29) is 11.8 Å². The van der Waals surface area contributed by atoms with Gasteiger partial charge in [0.1, 0.15) is 5.82 Å². The predicted molar refractivity (Wildman–Crippen MR) is 118 cm³/mol. The quantitative estimate of drug-likeness (QED) is 0.682. The molecule has 0 unspecified atom stereocenters. The lowest BCUT2D eigenvalue weighted by Gasteiger charge is -2.31. The first-order valence-electron chi connectivity index (χ1n) is 10.6. The van der Waals surface area contributed by atoms with Gasteiger partial charge in [0.25, 0.3) is 0 Å². The summed E-state index contributed by atoms with van der Waals surface area (Å²) in [6.45, 7) is 9.12. The Balaban J connectivity index is 1.39. The molecule has 1 aromatic heterocycles. The van der Waals surface area contributed by atoms with Crippen LogP contribution in [0.15, 0.2) is 48.5 Å². The summed E-state index contributed by atoms with van der Waals surface area (Å²) in [5, 5.41) is 3.11. The van der Waals surface area contributed by atoms with Gasteiger partial charge in [0.15, 0.2) is 0 Å². The molecule has 29 heavy (non-hydrogen) atoms. The summed E-state index contributed by atoms with van der Waals surface area (Å²) >= 11 is 0. The highest BCUT2D eigenvalue weighted by atomic mass is 16.1. The summed E-state index contributed by atoms with van der Waals surface area (Å²) in [5.41, 5.74) is 4.28. The molecule has 1 N–H and O–H groups in total. The van der Waals surface area contributed by atoms with Gasteiger partial charge in [0.05, 0.1) is 17.6 Å². The number of aryl methyl sites for hydroxylation is 1. The number of benzene rings is 2. The van der Waals surface area contributed by atoms with Crippen LogP contribution in [-0.4, -0.2) is 33.4 Å². The van der Waals surface area contributed by atoms with Crippen LogP contribution in [0.2, 0.25) is 0 Å². The molecule has 0 aliphatic carbocycles. The third kappa shape index (κ3) is 4.20. The third-order valence-corrected chi connectivity index (χ3v) is 5.91. The number of likely N-dealkylation sites (tertiary alicyclic amines) is 1. The molecule has 5 nitrogen and oxygen atoms in total. The van der Waals surface area contributed by atoms with Crippen LogP contribution < -0.4 is 5.32 Å². The molecule has 0 atom stereocenters. The number of rotatable bonds is 5. The molecule has 0 bridgehead atoms. The van der Waals surface area contributed by atoms with E-state index in [2.05, 4.69) is 46.8 Å². The maximum absolute atomic E-state index is 12.7. The number of aromatic nitrogens is 2. The Bertz CT molecular complexity index is 999. The second-order valence-corrected chi connectivity index (χ2v) is 8.34. The Morgan fingerprint density at radius 3 is 2.52 bits per heavy atom. The zero-order chi connectivity index (χ0) is 20.4. The Morgan fingerprint density at radius 2 is 1.79 bits per heavy atom. The first-order valence-corrected chi connectivity index (χ1v) is 10.6. The average Bonchev–Trinajstić information content (AvgIpc) is 3.08. The lowest BCUT2D eigenvalue weighted by molar-refractivity contribution is -0.121. The normalized spacial score (nSPS) is 15.9. The lowest BCUT2D eigenvalue weighted by Crippen LogP contribution is -2.38. The highest BCUT2D eigenvalue weighted by Gasteiger charge is 2.26. The molecule has 152 valence electrons. The number of carbonyl (C=O) groups is 1. The monoisotopic (exact) mass is 390 g/mol. The highest BCUT2D eigenvalue weighted by Crippen LogP contribution is 2.25. The molecule has 3 aromatic rings. The van der Waals surface area contributed by atoms with Crippen molar-refractivity contribution in [1.29, 1.82) is 0 Å². The molecule has 1 aliphatic heterocycles. The van der Waals surface area contributed by atoms with Crippen LogP contribution in [0.25, 0.3) is 11.0 Å². The van der Waals surface area contributed by atoms with E-state index in [9.17, 15) is 4.79 Å². The van der Waals surface area contributed by atoms with Gasteiger partial charge in [-0.1, -0.05) is 30.3 Å². The number of nitrogens with one attached hydrogen (secondary N) is 1. The summed E-state index contributed by atoms with van der Waals surface area (Å²) in [4.78, 5) is 20.0. The number of nitrogens with zero attached hydrogens (tertiary/aromatic N) is 3. The van der Waals surface area contributed by atoms with Crippen molar-refractivity contribution < 1.29 is 4.79 Å². The minimum Gasteiger partial charge on any atom is -0.326 e. The van der Waals surface area contributed by atoms with Gasteiger partial charge in [-0.25, -0.2) is 4.98 Å². The summed E-state index contributed by atoms with van der Waals surface area (Å²) in [6, 6.07) is 16.7. The number of hydrogen-bond acceptors (Lipinski definition) is 3. The van der Waals surface area contributed by atoms with Crippen LogP contribution in [0.1, 0.15) is 44.1 Å². The van der Waals surface area contributed by atoms with Crippen molar-refractivity contribution in [3.63, 3.8) is 0 Å². The molecule has 0 radical (unpaired) electrons. The van der Waals surface area contributed by atoms with Gasteiger partial charge in [-0.2, -0.15) is 0 Å². The van der Waals surface area contributed by atoms with Crippen molar-refractivity contribution in [2.45, 2.75) is 46.2 Å². The molecule has 1 aliphatic rings. The molecule has 5 heteroatoms. The van der Waals surface area contributed by atoms with E-state index in [0.29, 0.717) is 6.04 Å². The molecule has 0 saturated carbocycles. The van der Waals surface area contributed by atoms with Gasteiger partial charge in [-0.3, -0.25) is 9.69 Å². The SMILES string of the molecule is Cc1ccccc1NC(=O)C1CCN(Cc2nc3ccccc3n2C(C)C)CC1. The van der Waals surface area contributed by atoms with Crippen LogP contribution >= 0.6 is 0 Å². The Labute approximate surface area is 172 Å². The van der Waals surface area contributed by atoms with Gasteiger partial charge in [-0.05, 0) is 70.5 Å². The van der Waals surface area contributed by atoms with Gasteiger partial charge in [0.2, 0.25) is 5.91 Å². The Hall–Kier alpha value is -2.66. The van der Waals surface area contributed by atoms with Crippen LogP contribution in [0.3, 0.4) is 0 Å². The number of carbonyl (C=O) groups excluding carboxylic acids is 1. The number of anilines is 1. The number of imidazole rings is 1. The minimum atomic E-state index is 0.0785. The van der Waals surface area contributed by atoms with Gasteiger partial charge < -0.3 is 9.88 Å². The van der Waals surface area contributed by atoms with Crippen molar-refractivity contribution >= 4 is 22.6 Å². The Kier molecular flexibility index (Phi) is 5.67. The minimum absolute atomic E-state index is 0.0785. The topological polar surface area (TPSA) is 50.2 Å². The zero-order valence-corrected chi connectivity index (χ0v) is 17.6. The van der Waals surface area contributed by atoms with E-state index < -0.39 is 0 Å². The number of para-hydroxylation sites is 3. The second kappa shape index (κ2) is 8.37. The van der Waals surface area contributed by atoms with Crippen molar-refractivity contribution in [2.75, 3.05) is 18.4 Å². The van der Waals surface area contributed by atoms with E-state index in [4.69, 9.17) is 4.98 Å². The molecule has 2 aromatic carbocycles. The summed E-state index contributed by atoms with van der Waals surface area (Å²) in [6.07, 6.45) is 1.78. The van der Waals surface area contributed by atoms with Crippen LogP contribution in [-0.2, 0) is 11.3 Å². The van der Waals surface area contributed by atoms with Gasteiger partial charge >= 0.3 is 0 Å². The zero-order valence-electron chi connectivity index (χ0n) is 17.6.